The van der Waals surface area contributed by atoms with Crippen molar-refractivity contribution in [1.29, 1.82) is 0 Å². The smallest absolute Gasteiger partial charge is 0.280 e. The largest absolute Gasteiger partial charge is 0.394 e. The van der Waals surface area contributed by atoms with E-state index >= 15 is 0 Å². The molecule has 2 aromatic rings. The van der Waals surface area contributed by atoms with Crippen LogP contribution in [0.25, 0.3) is 11.2 Å². The molecule has 4 atom stereocenters. The maximum Gasteiger partial charge on any atom is 0.280 e. The Hall–Kier alpha value is -2.05. The molecule has 0 spiro atoms. The number of nitrogens with two attached hydrogens (primary N) is 1. The molecule has 1 aliphatic heterocycles. The van der Waals surface area contributed by atoms with Crippen LogP contribution in [-0.2, 0) is 14.2 Å². The molecular weight excluding hydrogens is 322 g/mol. The highest BCUT2D eigenvalue weighted by atomic mass is 16.6. The zero-order valence-corrected chi connectivity index (χ0v) is 13.0. The molecule has 0 amide bonds. The quantitative estimate of drug-likeness (QED) is 0.435. The van der Waals surface area contributed by atoms with E-state index in [-0.39, 0.29) is 30.3 Å². The van der Waals surface area contributed by atoms with Crippen molar-refractivity contribution >= 4 is 17.1 Å². The van der Waals surface area contributed by atoms with E-state index in [1.165, 1.54) is 18.0 Å². The van der Waals surface area contributed by atoms with E-state index in [2.05, 4.69) is 15.0 Å². The fourth-order valence-corrected chi connectivity index (χ4v) is 2.67. The number of H-pyrrole nitrogens is 1. The molecule has 24 heavy (non-hydrogen) atoms. The highest BCUT2D eigenvalue weighted by molar-refractivity contribution is 5.70. The number of aromatic amines is 1. The number of aliphatic hydroxyl groups excluding tert-OH is 2. The van der Waals surface area contributed by atoms with Gasteiger partial charge in [0.05, 0.1) is 26.1 Å². The lowest BCUT2D eigenvalue weighted by molar-refractivity contribution is -0.0785. The van der Waals surface area contributed by atoms with Gasteiger partial charge in [-0.15, -0.1) is 0 Å². The molecule has 0 bridgehead atoms. The van der Waals surface area contributed by atoms with E-state index in [4.69, 9.17) is 19.9 Å². The molecule has 3 rings (SSSR count). The number of rotatable bonds is 6. The van der Waals surface area contributed by atoms with Gasteiger partial charge in [-0.2, -0.15) is 4.98 Å². The van der Waals surface area contributed by atoms with Crippen LogP contribution < -0.4 is 11.3 Å². The van der Waals surface area contributed by atoms with Crippen LogP contribution in [0.15, 0.2) is 11.1 Å². The Morgan fingerprint density at radius 3 is 3.00 bits per heavy atom. The van der Waals surface area contributed by atoms with Gasteiger partial charge in [-0.1, -0.05) is 0 Å². The number of nitrogens with one attached hydrogen (secondary N) is 1. The first-order chi connectivity index (χ1) is 11.6. The normalized spacial score (nSPS) is 27.1. The number of methoxy groups -OCH3 is 1. The summed E-state index contributed by atoms with van der Waals surface area (Å²) in [6.45, 7) is 0.166. The van der Waals surface area contributed by atoms with Crippen LogP contribution in [0.1, 0.15) is 6.23 Å². The lowest BCUT2D eigenvalue weighted by atomic mass is 10.1. The molecule has 0 radical (unpaired) electrons. The Morgan fingerprint density at radius 2 is 2.29 bits per heavy atom. The van der Waals surface area contributed by atoms with E-state index in [1.807, 2.05) is 0 Å². The summed E-state index contributed by atoms with van der Waals surface area (Å²) in [5, 5.41) is 19.7. The molecule has 0 saturated carbocycles. The number of ether oxygens (including phenoxy) is 3. The Balaban J connectivity index is 1.97. The van der Waals surface area contributed by atoms with E-state index in [9.17, 15) is 15.0 Å². The molecule has 1 fully saturated rings. The SMILES string of the molecule is COCCO[C@@H]1[C@H](O)[C@@H](CO)O[C@@H]1n1cnc2c(=O)[nH]c(N)nc21. The van der Waals surface area contributed by atoms with Gasteiger partial charge in [0, 0.05) is 7.11 Å². The molecule has 11 nitrogen and oxygen atoms in total. The summed E-state index contributed by atoms with van der Waals surface area (Å²) in [4.78, 5) is 22.3. The maximum absolute atomic E-state index is 11.9. The number of hydrogen-bond acceptors (Lipinski definition) is 9. The van der Waals surface area contributed by atoms with E-state index in [0.29, 0.717) is 6.61 Å². The van der Waals surface area contributed by atoms with E-state index < -0.39 is 30.1 Å². The van der Waals surface area contributed by atoms with Crippen molar-refractivity contribution in [2.24, 2.45) is 0 Å². The highest BCUT2D eigenvalue weighted by Gasteiger charge is 2.45. The predicted octanol–water partition coefficient (Wildman–Crippen LogP) is -2.02. The third-order valence-corrected chi connectivity index (χ3v) is 3.82. The van der Waals surface area contributed by atoms with Gasteiger partial charge < -0.3 is 30.2 Å². The van der Waals surface area contributed by atoms with Crippen LogP contribution in [0.5, 0.6) is 0 Å². The minimum atomic E-state index is -1.06. The second kappa shape index (κ2) is 6.83. The number of fused-ring (bicyclic) bond motifs is 1. The number of nitrogens with zero attached hydrogens (tertiary/aromatic N) is 3. The zero-order chi connectivity index (χ0) is 17.3. The number of anilines is 1. The fraction of sp³-hybridized carbons (Fsp3) is 0.615. The maximum atomic E-state index is 11.9. The minimum Gasteiger partial charge on any atom is -0.394 e. The van der Waals surface area contributed by atoms with Crippen LogP contribution >= 0.6 is 0 Å². The van der Waals surface area contributed by atoms with Crippen molar-refractivity contribution in [2.45, 2.75) is 24.5 Å². The predicted molar refractivity (Wildman–Crippen MR) is 81.2 cm³/mol. The van der Waals surface area contributed by atoms with Gasteiger partial charge in [-0.3, -0.25) is 14.3 Å². The van der Waals surface area contributed by atoms with Crippen LogP contribution in [0, 0.1) is 0 Å². The molecule has 11 heteroatoms. The number of hydrogen-bond donors (Lipinski definition) is 4. The first-order valence-electron chi connectivity index (χ1n) is 7.34. The number of aliphatic hydroxyl groups is 2. The third-order valence-electron chi connectivity index (χ3n) is 3.82. The van der Waals surface area contributed by atoms with Crippen LogP contribution in [0.4, 0.5) is 5.95 Å². The first kappa shape index (κ1) is 16.8. The number of nitrogen functional groups attached to an aromatic ring is 1. The first-order valence-corrected chi connectivity index (χ1v) is 7.34. The van der Waals surface area contributed by atoms with Crippen molar-refractivity contribution in [1.82, 2.24) is 19.5 Å². The summed E-state index contributed by atoms with van der Waals surface area (Å²) in [6.07, 6.45) is -2.16. The number of imidazole rings is 1. The molecule has 2 aromatic heterocycles. The molecule has 1 saturated heterocycles. The summed E-state index contributed by atoms with van der Waals surface area (Å²) in [7, 11) is 1.53. The van der Waals surface area contributed by atoms with Crippen LogP contribution in [0.2, 0.25) is 0 Å². The molecule has 1 aliphatic rings. The summed E-state index contributed by atoms with van der Waals surface area (Å²) in [5.74, 6) is -0.0663. The Labute approximate surface area is 136 Å². The Morgan fingerprint density at radius 1 is 1.50 bits per heavy atom. The van der Waals surface area contributed by atoms with Crippen molar-refractivity contribution < 1.29 is 24.4 Å². The zero-order valence-electron chi connectivity index (χ0n) is 13.0. The second-order valence-electron chi connectivity index (χ2n) is 5.34. The molecule has 5 N–H and O–H groups in total. The highest BCUT2D eigenvalue weighted by Crippen LogP contribution is 2.33. The van der Waals surface area contributed by atoms with Crippen molar-refractivity contribution in [3.05, 3.63) is 16.7 Å². The third kappa shape index (κ3) is 2.87. The van der Waals surface area contributed by atoms with Crippen molar-refractivity contribution in [3.8, 4) is 0 Å². The Kier molecular flexibility index (Phi) is 4.78. The van der Waals surface area contributed by atoms with Crippen LogP contribution in [0.3, 0.4) is 0 Å². The lowest BCUT2D eigenvalue weighted by Crippen LogP contribution is -2.36. The van der Waals surface area contributed by atoms with Crippen molar-refractivity contribution in [3.63, 3.8) is 0 Å². The molecule has 0 aliphatic carbocycles. The van der Waals surface area contributed by atoms with Gasteiger partial charge in [0.1, 0.15) is 18.3 Å². The van der Waals surface area contributed by atoms with Crippen molar-refractivity contribution in [2.75, 3.05) is 32.7 Å². The van der Waals surface area contributed by atoms with Crippen LogP contribution in [-0.4, -0.2) is 75.0 Å². The molecule has 0 unspecified atom stereocenters. The molecular formula is C13H19N5O6. The fourth-order valence-electron chi connectivity index (χ4n) is 2.67. The molecule has 3 heterocycles. The van der Waals surface area contributed by atoms with Gasteiger partial charge in [-0.25, -0.2) is 4.98 Å². The minimum absolute atomic E-state index is 0.0663. The van der Waals surface area contributed by atoms with Gasteiger partial charge in [-0.05, 0) is 0 Å². The number of aromatic nitrogens is 4. The Bertz CT molecular complexity index is 761. The average Bonchev–Trinajstić information content (AvgIpc) is 3.09. The van der Waals surface area contributed by atoms with Gasteiger partial charge in [0.15, 0.2) is 17.4 Å². The topological polar surface area (TPSA) is 158 Å². The summed E-state index contributed by atoms with van der Waals surface area (Å²) < 4.78 is 17.7. The second-order valence-corrected chi connectivity index (χ2v) is 5.34. The van der Waals surface area contributed by atoms with Gasteiger partial charge >= 0.3 is 0 Å². The molecule has 0 aromatic carbocycles. The van der Waals surface area contributed by atoms with Gasteiger partial charge in [0.2, 0.25) is 5.95 Å². The lowest BCUT2D eigenvalue weighted by Gasteiger charge is -2.21. The summed E-state index contributed by atoms with van der Waals surface area (Å²) in [5.41, 5.74) is 5.39. The monoisotopic (exact) mass is 341 g/mol. The van der Waals surface area contributed by atoms with Gasteiger partial charge in [0.25, 0.3) is 5.56 Å². The summed E-state index contributed by atoms with van der Waals surface area (Å²) >= 11 is 0. The standard InChI is InChI=1S/C13H19N5O6/c1-22-2-3-23-9-8(20)6(4-19)24-12(9)18-5-15-7-10(18)16-13(14)17-11(7)21/h5-6,8-9,12,19-20H,2-4H2,1H3,(H3,14,16,17,21)/t6-,8-,9-,12+/m1/s1. The average molecular weight is 341 g/mol. The van der Waals surface area contributed by atoms with E-state index in [0.717, 1.165) is 0 Å². The summed E-state index contributed by atoms with van der Waals surface area (Å²) in [6, 6.07) is 0. The van der Waals surface area contributed by atoms with E-state index in [1.54, 1.807) is 0 Å². The molecule has 132 valence electrons.